The van der Waals surface area contributed by atoms with E-state index in [1.165, 1.54) is 30.4 Å². The highest BCUT2D eigenvalue weighted by molar-refractivity contribution is 5.35. The van der Waals surface area contributed by atoms with E-state index in [2.05, 4.69) is 41.9 Å². The van der Waals surface area contributed by atoms with Crippen LogP contribution < -0.4 is 0 Å². The Balaban J connectivity index is 1.60. The molecule has 0 bridgehead atoms. The van der Waals surface area contributed by atoms with Crippen LogP contribution in [0.3, 0.4) is 0 Å². The van der Waals surface area contributed by atoms with Crippen molar-refractivity contribution in [1.29, 1.82) is 0 Å². The number of rotatable bonds is 8. The molecule has 1 aliphatic heterocycles. The van der Waals surface area contributed by atoms with Crippen LogP contribution >= 0.6 is 0 Å². The molecule has 24 heavy (non-hydrogen) atoms. The number of allylic oxidation sites excluding steroid dienone is 4. The van der Waals surface area contributed by atoms with Crippen LogP contribution in [0.15, 0.2) is 47.8 Å². The summed E-state index contributed by atoms with van der Waals surface area (Å²) in [6, 6.07) is 4.20. The Bertz CT molecular complexity index is 593. The number of nitrogens with zero attached hydrogens (tertiary/aromatic N) is 2. The molecule has 0 saturated carbocycles. The first-order chi connectivity index (χ1) is 11.7. The van der Waals surface area contributed by atoms with Gasteiger partial charge in [0, 0.05) is 37.5 Å². The van der Waals surface area contributed by atoms with Crippen LogP contribution in [0.2, 0.25) is 0 Å². The quantitative estimate of drug-likeness (QED) is 0.709. The summed E-state index contributed by atoms with van der Waals surface area (Å²) in [5.41, 5.74) is 4.65. The van der Waals surface area contributed by atoms with Gasteiger partial charge in [0.05, 0.1) is 6.61 Å². The fraction of sp³-hybridized carbons (Fsp3) is 0.571. The van der Waals surface area contributed by atoms with Gasteiger partial charge in [-0.2, -0.15) is 0 Å². The van der Waals surface area contributed by atoms with Crippen molar-refractivity contribution in [3.63, 3.8) is 0 Å². The number of aromatic nitrogens is 1. The van der Waals surface area contributed by atoms with E-state index in [1.807, 2.05) is 18.5 Å². The average molecular weight is 326 g/mol. The number of likely N-dealkylation sites (tertiary alicyclic amines) is 1. The summed E-state index contributed by atoms with van der Waals surface area (Å²) < 4.78 is 5.89. The fourth-order valence-electron chi connectivity index (χ4n) is 3.99. The lowest BCUT2D eigenvalue weighted by Crippen LogP contribution is -2.31. The molecule has 1 saturated heterocycles. The maximum Gasteiger partial charge on any atom is 0.0535 e. The van der Waals surface area contributed by atoms with E-state index < -0.39 is 0 Å². The predicted molar refractivity (Wildman–Crippen MR) is 98.7 cm³/mol. The van der Waals surface area contributed by atoms with E-state index in [-0.39, 0.29) is 0 Å². The van der Waals surface area contributed by atoms with Crippen molar-refractivity contribution in [2.24, 2.45) is 5.41 Å². The van der Waals surface area contributed by atoms with E-state index in [0.717, 1.165) is 39.3 Å². The Morgan fingerprint density at radius 3 is 2.96 bits per heavy atom. The molecule has 3 nitrogen and oxygen atoms in total. The Kier molecular flexibility index (Phi) is 5.85. The van der Waals surface area contributed by atoms with E-state index in [4.69, 9.17) is 4.74 Å². The van der Waals surface area contributed by atoms with Crippen molar-refractivity contribution in [3.8, 4) is 0 Å². The normalized spacial score (nSPS) is 24.2. The summed E-state index contributed by atoms with van der Waals surface area (Å²) in [5, 5.41) is 0. The van der Waals surface area contributed by atoms with Crippen LogP contribution in [0, 0.1) is 5.41 Å². The Morgan fingerprint density at radius 1 is 1.33 bits per heavy atom. The average Bonchev–Trinajstić information content (AvgIpc) is 3.19. The highest BCUT2D eigenvalue weighted by Crippen LogP contribution is 2.38. The van der Waals surface area contributed by atoms with E-state index >= 15 is 0 Å². The molecule has 1 atom stereocenters. The zero-order valence-electron chi connectivity index (χ0n) is 15.1. The number of ether oxygens (including phenoxy) is 1. The lowest BCUT2D eigenvalue weighted by Gasteiger charge is -2.30. The number of pyridine rings is 1. The molecule has 0 radical (unpaired) electrons. The third-order valence-corrected chi connectivity index (χ3v) is 5.48. The van der Waals surface area contributed by atoms with Gasteiger partial charge in [-0.3, -0.25) is 9.88 Å². The summed E-state index contributed by atoms with van der Waals surface area (Å²) in [7, 11) is 0. The van der Waals surface area contributed by atoms with Crippen molar-refractivity contribution in [2.75, 3.05) is 26.3 Å². The molecular formula is C21H30N2O. The fourth-order valence-corrected chi connectivity index (χ4v) is 3.99. The van der Waals surface area contributed by atoms with Gasteiger partial charge in [-0.15, -0.1) is 0 Å². The van der Waals surface area contributed by atoms with E-state index in [9.17, 15) is 0 Å². The monoisotopic (exact) mass is 326 g/mol. The first kappa shape index (κ1) is 17.4. The summed E-state index contributed by atoms with van der Waals surface area (Å²) in [5.74, 6) is 0. The van der Waals surface area contributed by atoms with Crippen molar-refractivity contribution in [2.45, 2.75) is 46.1 Å². The molecular weight excluding hydrogens is 296 g/mol. The minimum atomic E-state index is 0.307. The lowest BCUT2D eigenvalue weighted by molar-refractivity contribution is 0.0490. The molecule has 0 unspecified atom stereocenters. The topological polar surface area (TPSA) is 25.4 Å². The van der Waals surface area contributed by atoms with Crippen LogP contribution in [-0.4, -0.2) is 36.2 Å². The van der Waals surface area contributed by atoms with Crippen LogP contribution in [0.5, 0.6) is 0 Å². The highest BCUT2D eigenvalue weighted by Gasteiger charge is 2.38. The molecule has 130 valence electrons. The smallest absolute Gasteiger partial charge is 0.0535 e. The second-order valence-electron chi connectivity index (χ2n) is 7.31. The third kappa shape index (κ3) is 4.34. The zero-order valence-corrected chi connectivity index (χ0v) is 15.1. The van der Waals surface area contributed by atoms with Gasteiger partial charge in [0.15, 0.2) is 0 Å². The van der Waals surface area contributed by atoms with Gasteiger partial charge in [-0.1, -0.05) is 23.8 Å². The van der Waals surface area contributed by atoms with Gasteiger partial charge >= 0.3 is 0 Å². The molecule has 1 aromatic heterocycles. The summed E-state index contributed by atoms with van der Waals surface area (Å²) in [6.45, 7) is 9.35. The maximum absolute atomic E-state index is 5.89. The Labute approximate surface area is 146 Å². The summed E-state index contributed by atoms with van der Waals surface area (Å²) >= 11 is 0. The number of hydrogen-bond donors (Lipinski definition) is 0. The predicted octanol–water partition coefficient (Wildman–Crippen LogP) is 4.37. The number of hydrogen-bond acceptors (Lipinski definition) is 3. The van der Waals surface area contributed by atoms with Gasteiger partial charge in [0.1, 0.15) is 0 Å². The second kappa shape index (κ2) is 8.09. The van der Waals surface area contributed by atoms with Crippen molar-refractivity contribution >= 4 is 0 Å². The third-order valence-electron chi connectivity index (χ3n) is 5.48. The van der Waals surface area contributed by atoms with Crippen LogP contribution in [-0.2, 0) is 11.3 Å². The Hall–Kier alpha value is -1.45. The van der Waals surface area contributed by atoms with Crippen molar-refractivity contribution in [3.05, 3.63) is 53.4 Å². The molecule has 1 fully saturated rings. The van der Waals surface area contributed by atoms with Crippen molar-refractivity contribution < 1.29 is 4.74 Å². The molecule has 1 aromatic rings. The SMILES string of the molecule is CCOC[C@]1(CCC2=CCC=C2C)CCN(Cc2cccnc2)C1. The minimum absolute atomic E-state index is 0.307. The molecule has 1 aliphatic carbocycles. The Morgan fingerprint density at radius 2 is 2.25 bits per heavy atom. The lowest BCUT2D eigenvalue weighted by atomic mass is 9.81. The summed E-state index contributed by atoms with van der Waals surface area (Å²) in [4.78, 5) is 6.82. The van der Waals surface area contributed by atoms with Gasteiger partial charge in [0.2, 0.25) is 0 Å². The molecule has 0 spiro atoms. The van der Waals surface area contributed by atoms with E-state index in [0.29, 0.717) is 5.41 Å². The van der Waals surface area contributed by atoms with E-state index in [1.54, 1.807) is 5.57 Å². The molecule has 3 rings (SSSR count). The molecule has 0 amide bonds. The first-order valence-electron chi connectivity index (χ1n) is 9.26. The van der Waals surface area contributed by atoms with Crippen molar-refractivity contribution in [1.82, 2.24) is 9.88 Å². The van der Waals surface area contributed by atoms with Crippen LogP contribution in [0.4, 0.5) is 0 Å². The minimum Gasteiger partial charge on any atom is -0.381 e. The molecule has 2 heterocycles. The maximum atomic E-state index is 5.89. The van der Waals surface area contributed by atoms with Gasteiger partial charge in [-0.05, 0) is 63.3 Å². The molecule has 3 heteroatoms. The standard InChI is InChI=1S/C21H30N2O/c1-3-24-17-21(10-9-20-8-4-6-18(20)2)11-13-23(16-21)15-19-7-5-12-22-14-19/h5-8,12,14H,3-4,9-11,13,15-17H2,1-2H3/t21-/m1/s1. The van der Waals surface area contributed by atoms with Gasteiger partial charge < -0.3 is 4.74 Å². The zero-order chi connectivity index (χ0) is 16.8. The second-order valence-corrected chi connectivity index (χ2v) is 7.31. The van der Waals surface area contributed by atoms with Gasteiger partial charge in [0.25, 0.3) is 0 Å². The molecule has 0 N–H and O–H groups in total. The first-order valence-corrected chi connectivity index (χ1v) is 9.26. The van der Waals surface area contributed by atoms with Crippen LogP contribution in [0.1, 0.15) is 45.1 Å². The highest BCUT2D eigenvalue weighted by atomic mass is 16.5. The summed E-state index contributed by atoms with van der Waals surface area (Å²) in [6.07, 6.45) is 13.3. The van der Waals surface area contributed by atoms with Crippen LogP contribution in [0.25, 0.3) is 0 Å². The van der Waals surface area contributed by atoms with Gasteiger partial charge in [-0.25, -0.2) is 0 Å². The molecule has 0 aromatic carbocycles. The molecule has 2 aliphatic rings. The largest absolute Gasteiger partial charge is 0.381 e.